The third-order valence-corrected chi connectivity index (χ3v) is 8.37. The summed E-state index contributed by atoms with van der Waals surface area (Å²) in [6, 6.07) is 3.51. The van der Waals surface area contributed by atoms with Crippen molar-refractivity contribution in [3.8, 4) is 0 Å². The molecule has 0 aliphatic carbocycles. The van der Waals surface area contributed by atoms with Crippen molar-refractivity contribution in [2.45, 2.75) is 140 Å². The number of carbonyl (C=O) groups is 3. The molecule has 2 amide bonds. The van der Waals surface area contributed by atoms with Gasteiger partial charge in [0.2, 0.25) is 15.9 Å². The predicted molar refractivity (Wildman–Crippen MR) is 163 cm³/mol. The molecular weight excluding hydrogens is 542 g/mol. The maximum Gasteiger partial charge on any atom is 0.326 e. The maximum atomic E-state index is 13.3. The zero-order chi connectivity index (χ0) is 30.5. The SMILES string of the molecule is CCCCCCCCCCCCCCCCCC(=O)N(C(=O)c1ccc(S(N)(=O)=O)cc1)C(CCCCN)C(=O)O. The molecule has 0 saturated carbocycles. The summed E-state index contributed by atoms with van der Waals surface area (Å²) in [5, 5.41) is 15.0. The van der Waals surface area contributed by atoms with E-state index in [2.05, 4.69) is 6.92 Å². The smallest absolute Gasteiger partial charge is 0.326 e. The molecule has 1 unspecified atom stereocenters. The summed E-state index contributed by atoms with van der Waals surface area (Å²) < 4.78 is 23.1. The Morgan fingerprint density at radius 2 is 1.22 bits per heavy atom. The zero-order valence-electron chi connectivity index (χ0n) is 25.0. The molecule has 5 N–H and O–H groups in total. The predicted octanol–water partition coefficient (Wildman–Crippen LogP) is 6.15. The highest BCUT2D eigenvalue weighted by molar-refractivity contribution is 7.89. The molecule has 0 saturated heterocycles. The Hall–Kier alpha value is -2.30. The normalized spacial score (nSPS) is 12.3. The molecule has 0 bridgehead atoms. The van der Waals surface area contributed by atoms with E-state index in [-0.39, 0.29) is 23.3 Å². The maximum absolute atomic E-state index is 13.3. The molecule has 0 aromatic heterocycles. The van der Waals surface area contributed by atoms with E-state index in [1.54, 1.807) is 0 Å². The number of unbranched alkanes of at least 4 members (excludes halogenated alkanes) is 15. The number of nitrogens with zero attached hydrogens (tertiary/aromatic N) is 1. The molecule has 234 valence electrons. The lowest BCUT2D eigenvalue weighted by molar-refractivity contribution is -0.148. The van der Waals surface area contributed by atoms with Gasteiger partial charge in [-0.3, -0.25) is 14.5 Å². The molecule has 0 heterocycles. The fourth-order valence-electron chi connectivity index (χ4n) is 4.97. The van der Waals surface area contributed by atoms with Crippen LogP contribution in [0.3, 0.4) is 0 Å². The lowest BCUT2D eigenvalue weighted by atomic mass is 10.0. The zero-order valence-corrected chi connectivity index (χ0v) is 25.8. The second kappa shape index (κ2) is 21.4. The summed E-state index contributed by atoms with van der Waals surface area (Å²) in [7, 11) is -3.96. The van der Waals surface area contributed by atoms with Crippen molar-refractivity contribution < 1.29 is 27.9 Å². The summed E-state index contributed by atoms with van der Waals surface area (Å²) in [5.41, 5.74) is 5.56. The number of primary sulfonamides is 1. The molecule has 1 aromatic rings. The highest BCUT2D eigenvalue weighted by Gasteiger charge is 2.34. The minimum atomic E-state index is -3.96. The Kier molecular flexibility index (Phi) is 19.2. The van der Waals surface area contributed by atoms with E-state index >= 15 is 0 Å². The molecule has 1 aromatic carbocycles. The molecule has 1 atom stereocenters. The Bertz CT molecular complexity index is 998. The van der Waals surface area contributed by atoms with E-state index in [1.165, 1.54) is 94.9 Å². The van der Waals surface area contributed by atoms with Gasteiger partial charge in [0, 0.05) is 12.0 Å². The summed E-state index contributed by atoms with van der Waals surface area (Å²) >= 11 is 0. The van der Waals surface area contributed by atoms with Crippen molar-refractivity contribution in [3.05, 3.63) is 29.8 Å². The topological polar surface area (TPSA) is 161 Å². The van der Waals surface area contributed by atoms with Gasteiger partial charge >= 0.3 is 5.97 Å². The van der Waals surface area contributed by atoms with Crippen molar-refractivity contribution >= 4 is 27.8 Å². The van der Waals surface area contributed by atoms with Gasteiger partial charge in [-0.05, 0) is 56.5 Å². The minimum Gasteiger partial charge on any atom is -0.480 e. The van der Waals surface area contributed by atoms with Crippen LogP contribution in [0.15, 0.2) is 29.2 Å². The second-order valence-corrected chi connectivity index (χ2v) is 12.5. The van der Waals surface area contributed by atoms with Gasteiger partial charge in [0.15, 0.2) is 0 Å². The molecule has 9 nitrogen and oxygen atoms in total. The summed E-state index contributed by atoms with van der Waals surface area (Å²) in [5.74, 6) is -2.57. The Morgan fingerprint density at radius 3 is 1.63 bits per heavy atom. The molecule has 41 heavy (non-hydrogen) atoms. The summed E-state index contributed by atoms with van der Waals surface area (Å²) in [6.07, 6.45) is 19.0. The lowest BCUT2D eigenvalue weighted by Crippen LogP contribution is -2.48. The monoisotopic (exact) mass is 595 g/mol. The molecular formula is C31H53N3O6S. The number of amides is 2. The van der Waals surface area contributed by atoms with Crippen molar-refractivity contribution in [2.24, 2.45) is 10.9 Å². The van der Waals surface area contributed by atoms with Crippen molar-refractivity contribution in [2.75, 3.05) is 6.54 Å². The van der Waals surface area contributed by atoms with Crippen LogP contribution < -0.4 is 10.9 Å². The summed E-state index contributed by atoms with van der Waals surface area (Å²) in [4.78, 5) is 39.3. The number of imide groups is 1. The number of sulfonamides is 1. The van der Waals surface area contributed by atoms with Crippen LogP contribution in [0.2, 0.25) is 0 Å². The number of carboxylic acids is 1. The van der Waals surface area contributed by atoms with Crippen LogP contribution in [0.5, 0.6) is 0 Å². The van der Waals surface area contributed by atoms with Gasteiger partial charge in [-0.25, -0.2) is 18.4 Å². The minimum absolute atomic E-state index is 0.0207. The number of rotatable bonds is 24. The van der Waals surface area contributed by atoms with Crippen LogP contribution >= 0.6 is 0 Å². The molecule has 0 aliphatic rings. The van der Waals surface area contributed by atoms with Crippen LogP contribution in [0, 0.1) is 0 Å². The second-order valence-electron chi connectivity index (χ2n) is 11.0. The third-order valence-electron chi connectivity index (χ3n) is 7.44. The van der Waals surface area contributed by atoms with E-state index < -0.39 is 33.8 Å². The molecule has 10 heteroatoms. The summed E-state index contributed by atoms with van der Waals surface area (Å²) in [6.45, 7) is 2.62. The number of carbonyl (C=O) groups excluding carboxylic acids is 2. The number of carboxylic acid groups (broad SMARTS) is 1. The van der Waals surface area contributed by atoms with E-state index in [4.69, 9.17) is 10.9 Å². The first kappa shape index (κ1) is 36.7. The fraction of sp³-hybridized carbons (Fsp3) is 0.710. The van der Waals surface area contributed by atoms with Crippen LogP contribution in [-0.2, 0) is 19.6 Å². The first-order valence-electron chi connectivity index (χ1n) is 15.6. The number of aliphatic carboxylic acids is 1. The van der Waals surface area contributed by atoms with E-state index in [1.807, 2.05) is 0 Å². The Morgan fingerprint density at radius 1 is 0.756 bits per heavy atom. The number of benzene rings is 1. The first-order chi connectivity index (χ1) is 19.6. The average Bonchev–Trinajstić information content (AvgIpc) is 2.94. The van der Waals surface area contributed by atoms with Crippen LogP contribution in [-0.4, -0.2) is 48.8 Å². The number of hydrogen-bond donors (Lipinski definition) is 3. The third kappa shape index (κ3) is 15.5. The molecule has 0 radical (unpaired) electrons. The average molecular weight is 596 g/mol. The molecule has 1 rings (SSSR count). The van der Waals surface area contributed by atoms with Crippen molar-refractivity contribution in [1.82, 2.24) is 4.90 Å². The number of nitrogens with two attached hydrogens (primary N) is 2. The van der Waals surface area contributed by atoms with Crippen molar-refractivity contribution in [1.29, 1.82) is 0 Å². The van der Waals surface area contributed by atoms with Crippen LogP contribution in [0.25, 0.3) is 0 Å². The quantitative estimate of drug-likeness (QED) is 0.121. The van der Waals surface area contributed by atoms with Gasteiger partial charge in [0.1, 0.15) is 6.04 Å². The largest absolute Gasteiger partial charge is 0.480 e. The van der Waals surface area contributed by atoms with Gasteiger partial charge in [-0.1, -0.05) is 96.8 Å². The Balaban J connectivity index is 2.56. The van der Waals surface area contributed by atoms with Gasteiger partial charge in [0.25, 0.3) is 5.91 Å². The first-order valence-corrected chi connectivity index (χ1v) is 17.1. The highest BCUT2D eigenvalue weighted by Crippen LogP contribution is 2.19. The van der Waals surface area contributed by atoms with Crippen LogP contribution in [0.4, 0.5) is 0 Å². The lowest BCUT2D eigenvalue weighted by Gasteiger charge is -2.27. The molecule has 0 aliphatic heterocycles. The number of hydrogen-bond acceptors (Lipinski definition) is 6. The Labute approximate surface area is 247 Å². The van der Waals surface area contributed by atoms with Gasteiger partial charge < -0.3 is 10.8 Å². The van der Waals surface area contributed by atoms with Crippen molar-refractivity contribution in [3.63, 3.8) is 0 Å². The van der Waals surface area contributed by atoms with E-state index in [0.29, 0.717) is 25.8 Å². The van der Waals surface area contributed by atoms with Crippen LogP contribution in [0.1, 0.15) is 139 Å². The van der Waals surface area contributed by atoms with E-state index in [0.717, 1.165) is 24.2 Å². The molecule has 0 spiro atoms. The van der Waals surface area contributed by atoms with Gasteiger partial charge in [-0.15, -0.1) is 0 Å². The van der Waals surface area contributed by atoms with Gasteiger partial charge in [0.05, 0.1) is 4.90 Å². The standard InChI is InChI=1S/C31H53N3O6S/c1-2-3-4-5-6-7-8-9-10-11-12-13-14-15-16-20-29(35)34(28(31(37)38)19-17-18-25-32)30(36)26-21-23-27(24-22-26)41(33,39)40/h21-24,28H,2-20,25,32H2,1H3,(H,37,38)(H2,33,39,40). The van der Waals surface area contributed by atoms with Gasteiger partial charge in [-0.2, -0.15) is 0 Å². The highest BCUT2D eigenvalue weighted by atomic mass is 32.2. The van der Waals surface area contributed by atoms with E-state index in [9.17, 15) is 27.9 Å². The molecule has 0 fully saturated rings. The fourth-order valence-corrected chi connectivity index (χ4v) is 5.48.